The maximum Gasteiger partial charge on any atom is 0.180 e. The zero-order valence-corrected chi connectivity index (χ0v) is 11.9. The van der Waals surface area contributed by atoms with E-state index in [0.29, 0.717) is 16.0 Å². The molecule has 2 aromatic heterocycles. The minimum absolute atomic E-state index is 0.0235. The lowest BCUT2D eigenvalue weighted by molar-refractivity contribution is 0.597. The summed E-state index contributed by atoms with van der Waals surface area (Å²) in [5.74, 6) is 0.0235. The monoisotopic (exact) mass is 327 g/mol. The van der Waals surface area contributed by atoms with Gasteiger partial charge in [0.2, 0.25) is 0 Å². The predicted molar refractivity (Wildman–Crippen MR) is 70.7 cm³/mol. The molecule has 0 aromatic carbocycles. The van der Waals surface area contributed by atoms with Crippen LogP contribution in [0.1, 0.15) is 6.92 Å². The van der Waals surface area contributed by atoms with Gasteiger partial charge in [-0.3, -0.25) is 4.98 Å². The fourth-order valence-corrected chi connectivity index (χ4v) is 2.69. The van der Waals surface area contributed by atoms with Crippen LogP contribution in [0.3, 0.4) is 0 Å². The molecule has 0 bridgehead atoms. The van der Waals surface area contributed by atoms with Crippen LogP contribution in [0.25, 0.3) is 11.4 Å². The van der Waals surface area contributed by atoms with E-state index in [9.17, 15) is 8.42 Å². The van der Waals surface area contributed by atoms with Crippen molar-refractivity contribution in [3.63, 3.8) is 0 Å². The van der Waals surface area contributed by atoms with Gasteiger partial charge >= 0.3 is 0 Å². The molecule has 0 fully saturated rings. The Morgan fingerprint density at radius 1 is 1.22 bits per heavy atom. The van der Waals surface area contributed by atoms with E-state index >= 15 is 0 Å². The molecule has 0 radical (unpaired) electrons. The van der Waals surface area contributed by atoms with E-state index in [1.54, 1.807) is 25.1 Å². The lowest BCUT2D eigenvalue weighted by Crippen LogP contribution is -2.07. The Bertz CT molecular complexity index is 656. The molecule has 0 spiro atoms. The Kier molecular flexibility index (Phi) is 3.72. The standard InChI is InChI=1S/C11H10BrN3O2S/c1-2-18(16,17)9-4-3-7-13-11(9)8-5-6-10(12)15-14-8/h3-7H,2H2,1H3. The number of halogens is 1. The number of hydrogen-bond donors (Lipinski definition) is 0. The molecule has 0 saturated carbocycles. The number of rotatable bonds is 3. The van der Waals surface area contributed by atoms with Gasteiger partial charge in [-0.1, -0.05) is 6.92 Å². The van der Waals surface area contributed by atoms with Gasteiger partial charge in [0.15, 0.2) is 9.84 Å². The van der Waals surface area contributed by atoms with Crippen molar-refractivity contribution in [1.82, 2.24) is 15.2 Å². The highest BCUT2D eigenvalue weighted by Gasteiger charge is 2.19. The molecule has 2 heterocycles. The van der Waals surface area contributed by atoms with Crippen molar-refractivity contribution in [2.24, 2.45) is 0 Å². The third-order valence-electron chi connectivity index (χ3n) is 2.36. The van der Waals surface area contributed by atoms with Gasteiger partial charge in [-0.2, -0.15) is 0 Å². The maximum absolute atomic E-state index is 12.0. The Balaban J connectivity index is 2.62. The highest BCUT2D eigenvalue weighted by molar-refractivity contribution is 9.10. The fourth-order valence-electron chi connectivity index (χ4n) is 1.43. The molecular weight excluding hydrogens is 318 g/mol. The number of hydrogen-bond acceptors (Lipinski definition) is 5. The van der Waals surface area contributed by atoms with E-state index in [1.807, 2.05) is 0 Å². The molecule has 2 aromatic rings. The summed E-state index contributed by atoms with van der Waals surface area (Å²) in [5.41, 5.74) is 0.769. The van der Waals surface area contributed by atoms with Gasteiger partial charge in [-0.25, -0.2) is 8.42 Å². The number of sulfone groups is 1. The molecule has 0 amide bonds. The van der Waals surface area contributed by atoms with Crippen LogP contribution in [-0.2, 0) is 9.84 Å². The van der Waals surface area contributed by atoms with Gasteiger partial charge in [0, 0.05) is 6.20 Å². The molecule has 18 heavy (non-hydrogen) atoms. The van der Waals surface area contributed by atoms with Gasteiger partial charge < -0.3 is 0 Å². The molecule has 5 nitrogen and oxygen atoms in total. The van der Waals surface area contributed by atoms with Crippen molar-refractivity contribution < 1.29 is 8.42 Å². The molecule has 0 aliphatic rings. The first-order valence-electron chi connectivity index (χ1n) is 5.22. The third kappa shape index (κ3) is 2.56. The smallest absolute Gasteiger partial charge is 0.180 e. The molecule has 0 N–H and O–H groups in total. The Morgan fingerprint density at radius 3 is 2.61 bits per heavy atom. The molecule has 2 rings (SSSR count). The summed E-state index contributed by atoms with van der Waals surface area (Å²) in [5, 5.41) is 7.77. The molecule has 0 unspecified atom stereocenters. The maximum atomic E-state index is 12.0. The molecule has 0 saturated heterocycles. The summed E-state index contributed by atoms with van der Waals surface area (Å²) in [6.45, 7) is 1.60. The summed E-state index contributed by atoms with van der Waals surface area (Å²) in [4.78, 5) is 4.28. The Labute approximate surface area is 113 Å². The van der Waals surface area contributed by atoms with Crippen LogP contribution in [0.5, 0.6) is 0 Å². The highest BCUT2D eigenvalue weighted by atomic mass is 79.9. The summed E-state index contributed by atoms with van der Waals surface area (Å²) in [6.07, 6.45) is 1.54. The molecule has 94 valence electrons. The first-order chi connectivity index (χ1) is 8.54. The van der Waals surface area contributed by atoms with Crippen LogP contribution in [0.2, 0.25) is 0 Å². The summed E-state index contributed by atoms with van der Waals surface area (Å²) in [6, 6.07) is 6.50. The lowest BCUT2D eigenvalue weighted by Gasteiger charge is -2.06. The van der Waals surface area contributed by atoms with Crippen molar-refractivity contribution in [2.45, 2.75) is 11.8 Å². The molecular formula is C11H10BrN3O2S. The first-order valence-corrected chi connectivity index (χ1v) is 7.66. The SMILES string of the molecule is CCS(=O)(=O)c1cccnc1-c1ccc(Br)nn1. The van der Waals surface area contributed by atoms with Crippen LogP contribution in [-0.4, -0.2) is 29.4 Å². The van der Waals surface area contributed by atoms with Crippen LogP contribution in [0, 0.1) is 0 Å². The second-order valence-corrected chi connectivity index (χ2v) is 6.55. The van der Waals surface area contributed by atoms with Gasteiger partial charge in [0.25, 0.3) is 0 Å². The van der Waals surface area contributed by atoms with Crippen molar-refractivity contribution >= 4 is 25.8 Å². The predicted octanol–water partition coefficient (Wildman–Crippen LogP) is 2.09. The zero-order chi connectivity index (χ0) is 13.2. The average Bonchev–Trinajstić information content (AvgIpc) is 2.40. The van der Waals surface area contributed by atoms with Crippen LogP contribution >= 0.6 is 15.9 Å². The van der Waals surface area contributed by atoms with Crippen molar-refractivity contribution in [2.75, 3.05) is 5.75 Å². The van der Waals surface area contributed by atoms with Crippen molar-refractivity contribution in [1.29, 1.82) is 0 Å². The second kappa shape index (κ2) is 5.11. The minimum Gasteiger partial charge on any atom is -0.253 e. The van der Waals surface area contributed by atoms with Gasteiger partial charge in [-0.15, -0.1) is 10.2 Å². The summed E-state index contributed by atoms with van der Waals surface area (Å²) >= 11 is 3.18. The van der Waals surface area contributed by atoms with E-state index in [-0.39, 0.29) is 10.6 Å². The molecule has 0 aliphatic carbocycles. The van der Waals surface area contributed by atoms with Crippen LogP contribution in [0.4, 0.5) is 0 Å². The number of pyridine rings is 1. The first kappa shape index (κ1) is 13.1. The van der Waals surface area contributed by atoms with Gasteiger partial charge in [0.05, 0.1) is 10.6 Å². The molecule has 7 heteroatoms. The van der Waals surface area contributed by atoms with E-state index in [2.05, 4.69) is 31.1 Å². The van der Waals surface area contributed by atoms with E-state index in [4.69, 9.17) is 0 Å². The number of aromatic nitrogens is 3. The van der Waals surface area contributed by atoms with Crippen LogP contribution < -0.4 is 0 Å². The normalized spacial score (nSPS) is 11.4. The van der Waals surface area contributed by atoms with Gasteiger partial charge in [0.1, 0.15) is 16.0 Å². The summed E-state index contributed by atoms with van der Waals surface area (Å²) in [7, 11) is -3.33. The van der Waals surface area contributed by atoms with Crippen molar-refractivity contribution in [3.8, 4) is 11.4 Å². The topological polar surface area (TPSA) is 72.8 Å². The van der Waals surface area contributed by atoms with E-state index in [1.165, 1.54) is 12.3 Å². The lowest BCUT2D eigenvalue weighted by atomic mass is 10.2. The molecule has 0 aliphatic heterocycles. The minimum atomic E-state index is -3.33. The fraction of sp³-hybridized carbons (Fsp3) is 0.182. The van der Waals surface area contributed by atoms with E-state index in [0.717, 1.165) is 0 Å². The molecule has 0 atom stereocenters. The Hall–Kier alpha value is -1.34. The zero-order valence-electron chi connectivity index (χ0n) is 9.54. The Morgan fingerprint density at radius 2 is 2.00 bits per heavy atom. The quantitative estimate of drug-likeness (QED) is 0.863. The van der Waals surface area contributed by atoms with E-state index < -0.39 is 9.84 Å². The van der Waals surface area contributed by atoms with Crippen LogP contribution in [0.15, 0.2) is 40.0 Å². The summed E-state index contributed by atoms with van der Waals surface area (Å²) < 4.78 is 24.5. The van der Waals surface area contributed by atoms with Gasteiger partial charge in [-0.05, 0) is 40.2 Å². The largest absolute Gasteiger partial charge is 0.253 e. The van der Waals surface area contributed by atoms with Crippen molar-refractivity contribution in [3.05, 3.63) is 35.1 Å². The average molecular weight is 328 g/mol. The highest BCUT2D eigenvalue weighted by Crippen LogP contribution is 2.24. The second-order valence-electron chi connectivity index (χ2n) is 3.49. The number of nitrogens with zero attached hydrogens (tertiary/aromatic N) is 3. The third-order valence-corrected chi connectivity index (χ3v) is 4.54.